The molecule has 1 amide bonds. The van der Waals surface area contributed by atoms with E-state index < -0.39 is 10.0 Å². The van der Waals surface area contributed by atoms with E-state index in [0.29, 0.717) is 24.2 Å². The summed E-state index contributed by atoms with van der Waals surface area (Å²) < 4.78 is 27.6. The standard InChI is InChI=1S/C24H30N2O4S/c1-18-10-11-20(16-19(18)2)22(27)12-13-24(28)25-17-21-8-4-5-9-23(21)31(29,30)26-14-6-3-7-15-26/h4-5,8-11,16H,3,6-7,12-15,17H2,1-2H3,(H,25,28). The maximum absolute atomic E-state index is 13.0. The van der Waals surface area contributed by atoms with Gasteiger partial charge in [-0.15, -0.1) is 0 Å². The van der Waals surface area contributed by atoms with Crippen LogP contribution in [0.25, 0.3) is 0 Å². The molecule has 1 aliphatic rings. The molecule has 2 aromatic rings. The zero-order valence-electron chi connectivity index (χ0n) is 18.2. The van der Waals surface area contributed by atoms with Crippen LogP contribution in [0.5, 0.6) is 0 Å². The summed E-state index contributed by atoms with van der Waals surface area (Å²) in [4.78, 5) is 24.9. The molecule has 3 rings (SSSR count). The van der Waals surface area contributed by atoms with E-state index in [1.165, 1.54) is 4.31 Å². The van der Waals surface area contributed by atoms with Crippen molar-refractivity contribution in [1.29, 1.82) is 0 Å². The van der Waals surface area contributed by atoms with Gasteiger partial charge in [0.1, 0.15) is 0 Å². The Kier molecular flexibility index (Phi) is 7.62. The first-order valence-electron chi connectivity index (χ1n) is 10.7. The fourth-order valence-corrected chi connectivity index (χ4v) is 5.45. The van der Waals surface area contributed by atoms with Crippen LogP contribution < -0.4 is 5.32 Å². The SMILES string of the molecule is Cc1ccc(C(=O)CCC(=O)NCc2ccccc2S(=O)(=O)N2CCCCC2)cc1C. The number of nitrogens with one attached hydrogen (secondary N) is 1. The number of benzene rings is 2. The van der Waals surface area contributed by atoms with Gasteiger partial charge < -0.3 is 5.32 Å². The van der Waals surface area contributed by atoms with Gasteiger partial charge in [0.15, 0.2) is 5.78 Å². The number of piperidine rings is 1. The largest absolute Gasteiger partial charge is 0.352 e. The molecule has 1 N–H and O–H groups in total. The molecule has 0 bridgehead atoms. The van der Waals surface area contributed by atoms with Crippen molar-refractivity contribution in [3.63, 3.8) is 0 Å². The van der Waals surface area contributed by atoms with Crippen LogP contribution in [0.2, 0.25) is 0 Å². The van der Waals surface area contributed by atoms with Crippen molar-refractivity contribution in [2.45, 2.75) is 57.4 Å². The van der Waals surface area contributed by atoms with Crippen LogP contribution >= 0.6 is 0 Å². The van der Waals surface area contributed by atoms with Crippen molar-refractivity contribution in [1.82, 2.24) is 9.62 Å². The van der Waals surface area contributed by atoms with Gasteiger partial charge in [-0.3, -0.25) is 9.59 Å². The quantitative estimate of drug-likeness (QED) is 0.631. The molecular weight excluding hydrogens is 412 g/mol. The van der Waals surface area contributed by atoms with Crippen LogP contribution in [0.1, 0.15) is 59.2 Å². The second-order valence-electron chi connectivity index (χ2n) is 8.07. The molecule has 166 valence electrons. The molecule has 1 aliphatic heterocycles. The number of carbonyl (C=O) groups excluding carboxylic acids is 2. The Balaban J connectivity index is 1.59. The number of amides is 1. The third kappa shape index (κ3) is 5.80. The first-order chi connectivity index (χ1) is 14.8. The zero-order chi connectivity index (χ0) is 22.4. The second kappa shape index (κ2) is 10.2. The average molecular weight is 443 g/mol. The number of hydrogen-bond donors (Lipinski definition) is 1. The molecule has 7 heteroatoms. The molecular formula is C24H30N2O4S. The van der Waals surface area contributed by atoms with Gasteiger partial charge in [-0.05, 0) is 55.5 Å². The summed E-state index contributed by atoms with van der Waals surface area (Å²) >= 11 is 0. The summed E-state index contributed by atoms with van der Waals surface area (Å²) in [5.41, 5.74) is 3.32. The van der Waals surface area contributed by atoms with E-state index in [9.17, 15) is 18.0 Å². The van der Waals surface area contributed by atoms with Crippen molar-refractivity contribution in [2.75, 3.05) is 13.1 Å². The van der Waals surface area contributed by atoms with Crippen LogP contribution in [0.15, 0.2) is 47.4 Å². The molecule has 1 fully saturated rings. The molecule has 0 aliphatic carbocycles. The summed E-state index contributed by atoms with van der Waals surface area (Å²) in [6, 6.07) is 12.3. The minimum Gasteiger partial charge on any atom is -0.352 e. The number of carbonyl (C=O) groups is 2. The highest BCUT2D eigenvalue weighted by atomic mass is 32.2. The van der Waals surface area contributed by atoms with E-state index in [1.807, 2.05) is 26.0 Å². The van der Waals surface area contributed by atoms with Gasteiger partial charge in [-0.1, -0.05) is 36.8 Å². The number of sulfonamides is 1. The third-order valence-electron chi connectivity index (χ3n) is 5.79. The Hall–Kier alpha value is -2.51. The molecule has 0 saturated carbocycles. The lowest BCUT2D eigenvalue weighted by Gasteiger charge is -2.26. The van der Waals surface area contributed by atoms with Gasteiger partial charge in [0, 0.05) is 38.0 Å². The number of hydrogen-bond acceptors (Lipinski definition) is 4. The molecule has 6 nitrogen and oxygen atoms in total. The maximum Gasteiger partial charge on any atom is 0.243 e. The number of Topliss-reactive ketones (excluding diaryl/α,β-unsaturated/α-hetero) is 1. The highest BCUT2D eigenvalue weighted by Gasteiger charge is 2.27. The van der Waals surface area contributed by atoms with Crippen LogP contribution in [-0.2, 0) is 21.4 Å². The van der Waals surface area contributed by atoms with E-state index in [1.54, 1.807) is 30.3 Å². The highest BCUT2D eigenvalue weighted by molar-refractivity contribution is 7.89. The fraction of sp³-hybridized carbons (Fsp3) is 0.417. The lowest BCUT2D eigenvalue weighted by molar-refractivity contribution is -0.121. The number of aryl methyl sites for hydroxylation is 2. The van der Waals surface area contributed by atoms with E-state index in [4.69, 9.17) is 0 Å². The number of rotatable bonds is 8. The lowest BCUT2D eigenvalue weighted by atomic mass is 10.0. The molecule has 1 heterocycles. The van der Waals surface area contributed by atoms with Gasteiger partial charge >= 0.3 is 0 Å². The Morgan fingerprint density at radius 3 is 2.35 bits per heavy atom. The predicted octanol–water partition coefficient (Wildman–Crippen LogP) is 3.76. The molecule has 31 heavy (non-hydrogen) atoms. The molecule has 0 aromatic heterocycles. The fourth-order valence-electron chi connectivity index (χ4n) is 3.71. The van der Waals surface area contributed by atoms with Crippen molar-refractivity contribution >= 4 is 21.7 Å². The van der Waals surface area contributed by atoms with Gasteiger partial charge in [-0.25, -0.2) is 8.42 Å². The molecule has 0 unspecified atom stereocenters. The summed E-state index contributed by atoms with van der Waals surface area (Å²) in [5.74, 6) is -0.353. The van der Waals surface area contributed by atoms with Crippen molar-refractivity contribution in [3.8, 4) is 0 Å². The summed E-state index contributed by atoms with van der Waals surface area (Å²) in [6.45, 7) is 5.11. The molecule has 2 aromatic carbocycles. The maximum atomic E-state index is 13.0. The summed E-state index contributed by atoms with van der Waals surface area (Å²) in [5, 5.41) is 2.77. The Bertz CT molecular complexity index is 1060. The smallest absolute Gasteiger partial charge is 0.243 e. The second-order valence-corrected chi connectivity index (χ2v) is 9.98. The van der Waals surface area contributed by atoms with Crippen molar-refractivity contribution in [3.05, 3.63) is 64.7 Å². The van der Waals surface area contributed by atoms with Crippen molar-refractivity contribution in [2.24, 2.45) is 0 Å². The Morgan fingerprint density at radius 2 is 1.65 bits per heavy atom. The highest BCUT2D eigenvalue weighted by Crippen LogP contribution is 2.23. The van der Waals surface area contributed by atoms with Gasteiger partial charge in [0.05, 0.1) is 4.90 Å². The Labute approximate surface area is 184 Å². The topological polar surface area (TPSA) is 83.5 Å². The molecule has 0 spiro atoms. The van der Waals surface area contributed by atoms with Crippen LogP contribution in [0, 0.1) is 13.8 Å². The first-order valence-corrected chi connectivity index (χ1v) is 12.2. The summed E-state index contributed by atoms with van der Waals surface area (Å²) in [7, 11) is -3.58. The number of ketones is 1. The van der Waals surface area contributed by atoms with E-state index in [2.05, 4.69) is 5.32 Å². The minimum atomic E-state index is -3.58. The van der Waals surface area contributed by atoms with Crippen LogP contribution in [0.4, 0.5) is 0 Å². The van der Waals surface area contributed by atoms with Gasteiger partial charge in [0.2, 0.25) is 15.9 Å². The Morgan fingerprint density at radius 1 is 0.935 bits per heavy atom. The molecule has 0 atom stereocenters. The van der Waals surface area contributed by atoms with Gasteiger partial charge in [0.25, 0.3) is 0 Å². The van der Waals surface area contributed by atoms with Gasteiger partial charge in [-0.2, -0.15) is 4.31 Å². The summed E-state index contributed by atoms with van der Waals surface area (Å²) in [6.07, 6.45) is 2.96. The minimum absolute atomic E-state index is 0.0623. The zero-order valence-corrected chi connectivity index (χ0v) is 19.0. The van der Waals surface area contributed by atoms with E-state index in [-0.39, 0.29) is 36.0 Å². The normalized spacial score (nSPS) is 14.9. The molecule has 0 radical (unpaired) electrons. The monoisotopic (exact) mass is 442 g/mol. The van der Waals surface area contributed by atoms with Crippen molar-refractivity contribution < 1.29 is 18.0 Å². The predicted molar refractivity (Wildman–Crippen MR) is 120 cm³/mol. The van der Waals surface area contributed by atoms with Crippen LogP contribution in [-0.4, -0.2) is 37.5 Å². The lowest BCUT2D eigenvalue weighted by Crippen LogP contribution is -2.36. The van der Waals surface area contributed by atoms with E-state index >= 15 is 0 Å². The molecule has 1 saturated heterocycles. The number of nitrogens with zero attached hydrogens (tertiary/aromatic N) is 1. The average Bonchev–Trinajstić information content (AvgIpc) is 2.78. The third-order valence-corrected chi connectivity index (χ3v) is 7.79. The van der Waals surface area contributed by atoms with Crippen LogP contribution in [0.3, 0.4) is 0 Å². The first kappa shape index (κ1) is 23.2. The van der Waals surface area contributed by atoms with E-state index in [0.717, 1.165) is 30.4 Å².